The maximum absolute atomic E-state index is 11.9. The summed E-state index contributed by atoms with van der Waals surface area (Å²) in [6, 6.07) is 6.85. The Bertz CT molecular complexity index is 573. The van der Waals surface area contributed by atoms with Crippen molar-refractivity contribution in [1.82, 2.24) is 4.90 Å². The maximum Gasteiger partial charge on any atom is 0.328 e. The molecule has 1 aromatic carbocycles. The highest BCUT2D eigenvalue weighted by atomic mass is 16.4. The molecule has 21 heavy (non-hydrogen) atoms. The van der Waals surface area contributed by atoms with Crippen molar-refractivity contribution in [2.24, 2.45) is 0 Å². The molecular formula is C16H17NO4. The summed E-state index contributed by atoms with van der Waals surface area (Å²) >= 11 is 0. The van der Waals surface area contributed by atoms with Gasteiger partial charge in [-0.05, 0) is 30.5 Å². The van der Waals surface area contributed by atoms with Crippen LogP contribution in [0.2, 0.25) is 0 Å². The van der Waals surface area contributed by atoms with E-state index in [0.717, 1.165) is 17.2 Å². The minimum atomic E-state index is -1.00. The highest BCUT2D eigenvalue weighted by molar-refractivity contribution is 5.98. The molecule has 0 radical (unpaired) electrons. The molecule has 0 aromatic heterocycles. The van der Waals surface area contributed by atoms with E-state index >= 15 is 0 Å². The second-order valence-electron chi connectivity index (χ2n) is 5.03. The van der Waals surface area contributed by atoms with E-state index in [0.29, 0.717) is 19.3 Å². The van der Waals surface area contributed by atoms with E-state index in [1.165, 1.54) is 11.0 Å². The number of benzene rings is 1. The van der Waals surface area contributed by atoms with Crippen molar-refractivity contribution in [3.8, 4) is 0 Å². The summed E-state index contributed by atoms with van der Waals surface area (Å²) in [6.45, 7) is 1.82. The van der Waals surface area contributed by atoms with Gasteiger partial charge in [0.15, 0.2) is 0 Å². The lowest BCUT2D eigenvalue weighted by Gasteiger charge is -2.30. The van der Waals surface area contributed by atoms with Gasteiger partial charge in [0.05, 0.1) is 6.04 Å². The van der Waals surface area contributed by atoms with Crippen molar-refractivity contribution in [3.63, 3.8) is 0 Å². The predicted molar refractivity (Wildman–Crippen MR) is 77.2 cm³/mol. The summed E-state index contributed by atoms with van der Waals surface area (Å²) in [6.07, 6.45) is 4.01. The number of likely N-dealkylation sites (tertiary alicyclic amines) is 1. The predicted octanol–water partition coefficient (Wildman–Crippen LogP) is 2.38. The number of amides is 2. The number of imide groups is 1. The molecule has 1 N–H and O–H groups in total. The number of hydrogen-bond donors (Lipinski definition) is 1. The SMILES string of the molecule is CC(c1ccc(C=CC(=O)O)cc1)N1C(=O)CCCC1=O. The minimum absolute atomic E-state index is 0.131. The highest BCUT2D eigenvalue weighted by Gasteiger charge is 2.30. The maximum atomic E-state index is 11.9. The topological polar surface area (TPSA) is 74.7 Å². The van der Waals surface area contributed by atoms with Gasteiger partial charge in [-0.1, -0.05) is 24.3 Å². The number of hydrogen-bond acceptors (Lipinski definition) is 3. The first-order valence-electron chi connectivity index (χ1n) is 6.85. The Morgan fingerprint density at radius 2 is 1.76 bits per heavy atom. The number of piperidine rings is 1. The first kappa shape index (κ1) is 15.0. The fourth-order valence-corrected chi connectivity index (χ4v) is 2.41. The van der Waals surface area contributed by atoms with Crippen LogP contribution in [0.3, 0.4) is 0 Å². The Kier molecular flexibility index (Phi) is 4.52. The lowest BCUT2D eigenvalue weighted by molar-refractivity contribution is -0.150. The molecule has 1 atom stereocenters. The van der Waals surface area contributed by atoms with Crippen molar-refractivity contribution < 1.29 is 19.5 Å². The normalized spacial score (nSPS) is 17.3. The van der Waals surface area contributed by atoms with Crippen LogP contribution in [0, 0.1) is 0 Å². The van der Waals surface area contributed by atoms with Crippen LogP contribution >= 0.6 is 0 Å². The Morgan fingerprint density at radius 1 is 1.19 bits per heavy atom. The Labute approximate surface area is 122 Å². The summed E-state index contributed by atoms with van der Waals surface area (Å²) in [5.41, 5.74) is 1.61. The molecule has 1 heterocycles. The number of aliphatic carboxylic acids is 1. The monoisotopic (exact) mass is 287 g/mol. The molecule has 1 unspecified atom stereocenters. The van der Waals surface area contributed by atoms with E-state index in [4.69, 9.17) is 5.11 Å². The molecule has 1 saturated heterocycles. The number of carbonyl (C=O) groups excluding carboxylic acids is 2. The molecule has 0 bridgehead atoms. The Morgan fingerprint density at radius 3 is 2.29 bits per heavy atom. The standard InChI is InChI=1S/C16H17NO4/c1-11(17-14(18)3-2-4-15(17)19)13-8-5-12(6-9-13)7-10-16(20)21/h5-11H,2-4H2,1H3,(H,20,21). The minimum Gasteiger partial charge on any atom is -0.478 e. The van der Waals surface area contributed by atoms with Crippen molar-refractivity contribution in [3.05, 3.63) is 41.5 Å². The molecule has 0 aliphatic carbocycles. The van der Waals surface area contributed by atoms with Gasteiger partial charge in [0.25, 0.3) is 0 Å². The average Bonchev–Trinajstić information content (AvgIpc) is 2.45. The van der Waals surface area contributed by atoms with Crippen LogP contribution in [-0.4, -0.2) is 27.8 Å². The zero-order valence-electron chi connectivity index (χ0n) is 11.8. The van der Waals surface area contributed by atoms with Crippen LogP contribution in [0.25, 0.3) is 6.08 Å². The highest BCUT2D eigenvalue weighted by Crippen LogP contribution is 2.26. The second-order valence-corrected chi connectivity index (χ2v) is 5.03. The van der Waals surface area contributed by atoms with Gasteiger partial charge >= 0.3 is 5.97 Å². The fraction of sp³-hybridized carbons (Fsp3) is 0.312. The quantitative estimate of drug-likeness (QED) is 0.681. The molecule has 5 heteroatoms. The van der Waals surface area contributed by atoms with Gasteiger partial charge in [-0.15, -0.1) is 0 Å². The largest absolute Gasteiger partial charge is 0.478 e. The molecule has 1 aromatic rings. The van der Waals surface area contributed by atoms with Crippen molar-refractivity contribution in [2.45, 2.75) is 32.2 Å². The van der Waals surface area contributed by atoms with Crippen LogP contribution in [0.4, 0.5) is 0 Å². The van der Waals surface area contributed by atoms with Gasteiger partial charge in [-0.2, -0.15) is 0 Å². The molecule has 1 aliphatic rings. The van der Waals surface area contributed by atoms with Crippen molar-refractivity contribution in [1.29, 1.82) is 0 Å². The first-order valence-corrected chi connectivity index (χ1v) is 6.85. The summed E-state index contributed by atoms with van der Waals surface area (Å²) in [5.74, 6) is -1.26. The van der Waals surface area contributed by atoms with E-state index in [1.807, 2.05) is 6.92 Å². The summed E-state index contributed by atoms with van der Waals surface area (Å²) in [4.78, 5) is 35.6. The number of carbonyl (C=O) groups is 3. The number of nitrogens with zero attached hydrogens (tertiary/aromatic N) is 1. The molecule has 2 rings (SSSR count). The zero-order valence-corrected chi connectivity index (χ0v) is 11.8. The Balaban J connectivity index is 2.15. The number of carboxylic acids is 1. The molecule has 5 nitrogen and oxygen atoms in total. The van der Waals surface area contributed by atoms with Crippen LogP contribution in [0.1, 0.15) is 43.4 Å². The molecular weight excluding hydrogens is 270 g/mol. The van der Waals surface area contributed by atoms with Gasteiger partial charge < -0.3 is 5.11 Å². The van der Waals surface area contributed by atoms with Gasteiger partial charge in [0.2, 0.25) is 11.8 Å². The third-order valence-electron chi connectivity index (χ3n) is 3.54. The smallest absolute Gasteiger partial charge is 0.328 e. The van der Waals surface area contributed by atoms with Crippen LogP contribution in [0.5, 0.6) is 0 Å². The molecule has 1 fully saturated rings. The van der Waals surface area contributed by atoms with Crippen LogP contribution in [-0.2, 0) is 14.4 Å². The van der Waals surface area contributed by atoms with Crippen LogP contribution < -0.4 is 0 Å². The fourth-order valence-electron chi connectivity index (χ4n) is 2.41. The van der Waals surface area contributed by atoms with E-state index in [1.54, 1.807) is 24.3 Å². The van der Waals surface area contributed by atoms with Crippen molar-refractivity contribution >= 4 is 23.9 Å². The molecule has 1 aliphatic heterocycles. The van der Waals surface area contributed by atoms with Gasteiger partial charge in [0.1, 0.15) is 0 Å². The van der Waals surface area contributed by atoms with Gasteiger partial charge in [-0.3, -0.25) is 14.5 Å². The zero-order chi connectivity index (χ0) is 15.4. The third kappa shape index (κ3) is 3.56. The summed E-state index contributed by atoms with van der Waals surface area (Å²) in [7, 11) is 0. The molecule has 0 spiro atoms. The van der Waals surface area contributed by atoms with Gasteiger partial charge in [-0.25, -0.2) is 4.79 Å². The van der Waals surface area contributed by atoms with Crippen molar-refractivity contribution in [2.75, 3.05) is 0 Å². The molecule has 2 amide bonds. The van der Waals surface area contributed by atoms with E-state index in [-0.39, 0.29) is 17.9 Å². The first-order chi connectivity index (χ1) is 9.99. The summed E-state index contributed by atoms with van der Waals surface area (Å²) < 4.78 is 0. The third-order valence-corrected chi connectivity index (χ3v) is 3.54. The number of carboxylic acid groups (broad SMARTS) is 1. The van der Waals surface area contributed by atoms with E-state index in [9.17, 15) is 14.4 Å². The number of rotatable bonds is 4. The van der Waals surface area contributed by atoms with Crippen LogP contribution in [0.15, 0.2) is 30.3 Å². The van der Waals surface area contributed by atoms with E-state index < -0.39 is 5.97 Å². The Hall–Kier alpha value is -2.43. The van der Waals surface area contributed by atoms with Gasteiger partial charge in [0, 0.05) is 18.9 Å². The second kappa shape index (κ2) is 6.35. The lowest BCUT2D eigenvalue weighted by Crippen LogP contribution is -2.41. The molecule has 110 valence electrons. The molecule has 0 saturated carbocycles. The average molecular weight is 287 g/mol. The summed E-state index contributed by atoms with van der Waals surface area (Å²) in [5, 5.41) is 8.58. The lowest BCUT2D eigenvalue weighted by atomic mass is 10.0. The van der Waals surface area contributed by atoms with E-state index in [2.05, 4.69) is 0 Å².